The molecule has 0 fully saturated rings. The molecule has 0 aromatic heterocycles. The van der Waals surface area contributed by atoms with E-state index < -0.39 is 11.6 Å². The summed E-state index contributed by atoms with van der Waals surface area (Å²) < 4.78 is 5.42. The zero-order valence-corrected chi connectivity index (χ0v) is 11.2. The number of rotatable bonds is 6. The molecule has 1 unspecified atom stereocenters. The number of hydrogen-bond donors (Lipinski definition) is 2. The summed E-state index contributed by atoms with van der Waals surface area (Å²) in [7, 11) is 0. The van der Waals surface area contributed by atoms with Gasteiger partial charge in [0.25, 0.3) is 0 Å². The summed E-state index contributed by atoms with van der Waals surface area (Å²) in [5.74, 6) is 3.06. The van der Waals surface area contributed by atoms with Crippen molar-refractivity contribution >= 4 is 0 Å². The van der Waals surface area contributed by atoms with Crippen LogP contribution in [0.4, 0.5) is 0 Å². The molecule has 19 heavy (non-hydrogen) atoms. The van der Waals surface area contributed by atoms with Crippen molar-refractivity contribution in [2.75, 3.05) is 13.2 Å². The summed E-state index contributed by atoms with van der Waals surface area (Å²) in [4.78, 5) is 0. The Morgan fingerprint density at radius 3 is 2.79 bits per heavy atom. The summed E-state index contributed by atoms with van der Waals surface area (Å²) in [6.07, 6.45) is 4.64. The van der Waals surface area contributed by atoms with E-state index in [2.05, 4.69) is 11.2 Å². The highest BCUT2D eigenvalue weighted by Crippen LogP contribution is 2.16. The van der Waals surface area contributed by atoms with Crippen molar-refractivity contribution < 1.29 is 9.84 Å². The smallest absolute Gasteiger partial charge is 0.137 e. The number of para-hydroxylation sites is 1. The van der Waals surface area contributed by atoms with Crippen LogP contribution in [0.15, 0.2) is 24.3 Å². The number of nitrogens with zero attached hydrogens (tertiary/aromatic N) is 1. The average molecular weight is 258 g/mol. The minimum atomic E-state index is -0.695. The van der Waals surface area contributed by atoms with Crippen molar-refractivity contribution in [1.29, 1.82) is 5.26 Å². The maximum Gasteiger partial charge on any atom is 0.137 e. The van der Waals surface area contributed by atoms with E-state index in [0.29, 0.717) is 17.9 Å². The lowest BCUT2D eigenvalue weighted by Gasteiger charge is -2.22. The van der Waals surface area contributed by atoms with E-state index in [-0.39, 0.29) is 6.61 Å². The number of hydrogen-bond acceptors (Lipinski definition) is 4. The molecule has 0 aliphatic rings. The summed E-state index contributed by atoms with van der Waals surface area (Å²) in [6.45, 7) is 4.13. The van der Waals surface area contributed by atoms with E-state index in [1.807, 2.05) is 19.9 Å². The number of nitrogens with one attached hydrogen (secondary N) is 1. The molecule has 0 amide bonds. The van der Waals surface area contributed by atoms with Crippen LogP contribution in [-0.2, 0) is 0 Å². The SMILES string of the molecule is C#CC(C)(C)NCC(O)COc1ccccc1C#N. The first-order valence-electron chi connectivity index (χ1n) is 6.01. The lowest BCUT2D eigenvalue weighted by Crippen LogP contribution is -2.43. The fourth-order valence-corrected chi connectivity index (χ4v) is 1.35. The summed E-state index contributed by atoms with van der Waals surface area (Å²) in [5, 5.41) is 21.7. The fraction of sp³-hybridized carbons (Fsp3) is 0.400. The Bertz CT molecular complexity index is 498. The Morgan fingerprint density at radius 2 is 2.16 bits per heavy atom. The second kappa shape index (κ2) is 6.80. The Morgan fingerprint density at radius 1 is 1.47 bits per heavy atom. The van der Waals surface area contributed by atoms with Crippen LogP contribution in [0, 0.1) is 23.7 Å². The highest BCUT2D eigenvalue weighted by molar-refractivity contribution is 5.42. The van der Waals surface area contributed by atoms with E-state index in [4.69, 9.17) is 16.4 Å². The molecule has 1 rings (SSSR count). The molecule has 0 bridgehead atoms. The van der Waals surface area contributed by atoms with Crippen LogP contribution in [0.5, 0.6) is 5.75 Å². The highest BCUT2D eigenvalue weighted by Gasteiger charge is 2.15. The quantitative estimate of drug-likeness (QED) is 0.755. The molecular formula is C15H18N2O2. The largest absolute Gasteiger partial charge is 0.489 e. The van der Waals surface area contributed by atoms with Gasteiger partial charge < -0.3 is 9.84 Å². The maximum atomic E-state index is 9.79. The zero-order valence-electron chi connectivity index (χ0n) is 11.2. The predicted octanol–water partition coefficient (Wildman–Crippen LogP) is 1.30. The molecule has 2 N–H and O–H groups in total. The van der Waals surface area contributed by atoms with Gasteiger partial charge in [0.05, 0.1) is 11.1 Å². The summed E-state index contributed by atoms with van der Waals surface area (Å²) in [5.41, 5.74) is -0.0162. The van der Waals surface area contributed by atoms with E-state index in [1.54, 1.807) is 24.3 Å². The van der Waals surface area contributed by atoms with Crippen molar-refractivity contribution in [3.05, 3.63) is 29.8 Å². The number of ether oxygens (including phenoxy) is 1. The molecule has 0 spiro atoms. The third-order valence-corrected chi connectivity index (χ3v) is 2.58. The molecular weight excluding hydrogens is 240 g/mol. The Labute approximate surface area is 114 Å². The molecule has 1 aromatic rings. The Balaban J connectivity index is 2.45. The standard InChI is InChI=1S/C15H18N2O2/c1-4-15(2,3)17-10-13(18)11-19-14-8-6-5-7-12(14)9-16/h1,5-8,13,17-18H,10-11H2,2-3H3. The number of β-amino-alcohol motifs (C(OH)–C–C–N with tert-alkyl or cyclic N) is 1. The number of nitriles is 1. The van der Waals surface area contributed by atoms with Crippen LogP contribution < -0.4 is 10.1 Å². The first kappa shape index (κ1) is 15.0. The molecule has 0 radical (unpaired) electrons. The molecule has 0 saturated heterocycles. The third kappa shape index (κ3) is 5.01. The molecule has 0 heterocycles. The molecule has 100 valence electrons. The first-order chi connectivity index (χ1) is 8.98. The second-order valence-electron chi connectivity index (χ2n) is 4.72. The van der Waals surface area contributed by atoms with Crippen LogP contribution in [0.1, 0.15) is 19.4 Å². The van der Waals surface area contributed by atoms with Gasteiger partial charge in [-0.05, 0) is 26.0 Å². The van der Waals surface area contributed by atoms with E-state index >= 15 is 0 Å². The maximum absolute atomic E-state index is 9.79. The van der Waals surface area contributed by atoms with Gasteiger partial charge in [0.2, 0.25) is 0 Å². The topological polar surface area (TPSA) is 65.3 Å². The number of benzene rings is 1. The van der Waals surface area contributed by atoms with Crippen LogP contribution in [0.3, 0.4) is 0 Å². The van der Waals surface area contributed by atoms with Crippen LogP contribution in [-0.4, -0.2) is 29.9 Å². The number of aliphatic hydroxyl groups excluding tert-OH is 1. The van der Waals surface area contributed by atoms with Gasteiger partial charge in [-0.3, -0.25) is 5.32 Å². The summed E-state index contributed by atoms with van der Waals surface area (Å²) in [6, 6.07) is 8.95. The van der Waals surface area contributed by atoms with Gasteiger partial charge >= 0.3 is 0 Å². The van der Waals surface area contributed by atoms with Crippen LogP contribution in [0.25, 0.3) is 0 Å². The van der Waals surface area contributed by atoms with Crippen molar-refractivity contribution in [3.63, 3.8) is 0 Å². The van der Waals surface area contributed by atoms with Gasteiger partial charge in [-0.15, -0.1) is 6.42 Å². The van der Waals surface area contributed by atoms with E-state index in [9.17, 15) is 5.11 Å². The molecule has 1 atom stereocenters. The minimum absolute atomic E-state index is 0.104. The number of aliphatic hydroxyl groups is 1. The Hall–Kier alpha value is -2.01. The van der Waals surface area contributed by atoms with Gasteiger partial charge in [-0.2, -0.15) is 5.26 Å². The molecule has 0 aliphatic heterocycles. The average Bonchev–Trinajstić information content (AvgIpc) is 2.43. The van der Waals surface area contributed by atoms with Crippen LogP contribution >= 0.6 is 0 Å². The molecule has 0 aliphatic carbocycles. The Kier molecular flexibility index (Phi) is 5.38. The van der Waals surface area contributed by atoms with E-state index in [1.165, 1.54) is 0 Å². The van der Waals surface area contributed by atoms with Gasteiger partial charge in [0.15, 0.2) is 0 Å². The van der Waals surface area contributed by atoms with E-state index in [0.717, 1.165) is 0 Å². The predicted molar refractivity (Wildman–Crippen MR) is 73.6 cm³/mol. The normalized spacial score (nSPS) is 12.3. The van der Waals surface area contributed by atoms with Crippen molar-refractivity contribution in [1.82, 2.24) is 5.32 Å². The van der Waals surface area contributed by atoms with Crippen molar-refractivity contribution in [2.45, 2.75) is 25.5 Å². The van der Waals surface area contributed by atoms with Gasteiger partial charge in [-0.1, -0.05) is 18.1 Å². The first-order valence-corrected chi connectivity index (χ1v) is 6.01. The van der Waals surface area contributed by atoms with Gasteiger partial charge in [0.1, 0.15) is 24.5 Å². The van der Waals surface area contributed by atoms with Crippen LogP contribution in [0.2, 0.25) is 0 Å². The molecule has 1 aromatic carbocycles. The minimum Gasteiger partial charge on any atom is -0.489 e. The summed E-state index contributed by atoms with van der Waals surface area (Å²) >= 11 is 0. The second-order valence-corrected chi connectivity index (χ2v) is 4.72. The fourth-order valence-electron chi connectivity index (χ4n) is 1.35. The third-order valence-electron chi connectivity index (χ3n) is 2.58. The van der Waals surface area contributed by atoms with Crippen molar-refractivity contribution in [3.8, 4) is 24.2 Å². The van der Waals surface area contributed by atoms with Gasteiger partial charge in [-0.25, -0.2) is 0 Å². The zero-order chi connectivity index (χ0) is 14.3. The molecule has 4 heteroatoms. The lowest BCUT2D eigenvalue weighted by molar-refractivity contribution is 0.102. The number of terminal acetylenes is 1. The van der Waals surface area contributed by atoms with Crippen molar-refractivity contribution in [2.24, 2.45) is 0 Å². The molecule has 4 nitrogen and oxygen atoms in total. The molecule has 0 saturated carbocycles. The monoisotopic (exact) mass is 258 g/mol. The highest BCUT2D eigenvalue weighted by atomic mass is 16.5. The van der Waals surface area contributed by atoms with Gasteiger partial charge in [0, 0.05) is 6.54 Å². The lowest BCUT2D eigenvalue weighted by atomic mass is 10.1.